The molecule has 0 aromatic heterocycles. The molecule has 1 amide bonds. The molecule has 1 saturated heterocycles. The summed E-state index contributed by atoms with van der Waals surface area (Å²) in [6, 6.07) is 31.0. The summed E-state index contributed by atoms with van der Waals surface area (Å²) in [6.45, 7) is 4.19. The van der Waals surface area contributed by atoms with E-state index in [1.807, 2.05) is 60.5 Å². The average Bonchev–Trinajstić information content (AvgIpc) is 3.26. The standard InChI is InChI=1S/C33H36N2O2/c1-33(28-11-6-7-22-34-23-28,31-13-8-10-26-9-4-5-12-30(26)31)35(2)32(36)27-16-14-24(15-17-27)25-18-20-29(37-3)21-19-25/h4-5,8-10,12-21,28,34H,6-7,11,22-23H2,1-3H3. The zero-order valence-corrected chi connectivity index (χ0v) is 22.0. The van der Waals surface area contributed by atoms with Gasteiger partial charge in [0.2, 0.25) is 0 Å². The minimum absolute atomic E-state index is 0.0426. The second-order valence-electron chi connectivity index (χ2n) is 10.2. The number of carbonyl (C=O) groups excluding carboxylic acids is 1. The van der Waals surface area contributed by atoms with Gasteiger partial charge in [0, 0.05) is 19.2 Å². The number of nitrogens with one attached hydrogen (secondary N) is 1. The molecule has 0 spiro atoms. The van der Waals surface area contributed by atoms with Crippen molar-refractivity contribution in [1.29, 1.82) is 0 Å². The Morgan fingerprint density at radius 1 is 0.892 bits per heavy atom. The second-order valence-corrected chi connectivity index (χ2v) is 10.2. The van der Waals surface area contributed by atoms with E-state index in [4.69, 9.17) is 4.74 Å². The first kappa shape index (κ1) is 25.0. The van der Waals surface area contributed by atoms with Crippen LogP contribution in [0.1, 0.15) is 42.1 Å². The van der Waals surface area contributed by atoms with Gasteiger partial charge in [-0.25, -0.2) is 0 Å². The molecule has 1 heterocycles. The van der Waals surface area contributed by atoms with E-state index in [1.165, 1.54) is 22.8 Å². The van der Waals surface area contributed by atoms with Crippen molar-refractivity contribution < 1.29 is 9.53 Å². The molecule has 0 radical (unpaired) electrons. The number of hydrogen-bond donors (Lipinski definition) is 1. The molecule has 4 aromatic carbocycles. The van der Waals surface area contributed by atoms with E-state index in [9.17, 15) is 4.79 Å². The average molecular weight is 493 g/mol. The maximum Gasteiger partial charge on any atom is 0.254 e. The molecule has 4 aromatic rings. The lowest BCUT2D eigenvalue weighted by Crippen LogP contribution is -2.52. The maximum absolute atomic E-state index is 14.0. The number of fused-ring (bicyclic) bond motifs is 1. The van der Waals surface area contributed by atoms with Crippen LogP contribution in [0.15, 0.2) is 91.0 Å². The fourth-order valence-corrected chi connectivity index (χ4v) is 5.83. The molecule has 4 nitrogen and oxygen atoms in total. The van der Waals surface area contributed by atoms with Crippen LogP contribution in [0.3, 0.4) is 0 Å². The molecule has 190 valence electrons. The van der Waals surface area contributed by atoms with Crippen molar-refractivity contribution in [3.63, 3.8) is 0 Å². The zero-order chi connectivity index (χ0) is 25.8. The third kappa shape index (κ3) is 4.86. The van der Waals surface area contributed by atoms with E-state index in [0.717, 1.165) is 42.8 Å². The van der Waals surface area contributed by atoms with Gasteiger partial charge in [0.05, 0.1) is 12.6 Å². The van der Waals surface area contributed by atoms with E-state index in [-0.39, 0.29) is 5.91 Å². The number of nitrogens with zero attached hydrogens (tertiary/aromatic N) is 1. The van der Waals surface area contributed by atoms with Crippen molar-refractivity contribution >= 4 is 16.7 Å². The van der Waals surface area contributed by atoms with Crippen LogP contribution in [0.5, 0.6) is 5.75 Å². The normalized spacial score (nSPS) is 17.5. The Kier molecular flexibility index (Phi) is 7.29. The molecule has 0 bridgehead atoms. The molecule has 5 rings (SSSR count). The van der Waals surface area contributed by atoms with Gasteiger partial charge in [-0.15, -0.1) is 0 Å². The highest BCUT2D eigenvalue weighted by molar-refractivity contribution is 5.96. The quantitative estimate of drug-likeness (QED) is 0.319. The Morgan fingerprint density at radius 3 is 2.30 bits per heavy atom. The van der Waals surface area contributed by atoms with Crippen molar-refractivity contribution in [2.45, 2.75) is 31.7 Å². The van der Waals surface area contributed by atoms with E-state index >= 15 is 0 Å². The highest BCUT2D eigenvalue weighted by Crippen LogP contribution is 2.42. The van der Waals surface area contributed by atoms with E-state index < -0.39 is 5.54 Å². The summed E-state index contributed by atoms with van der Waals surface area (Å²) in [4.78, 5) is 16.0. The first-order chi connectivity index (χ1) is 18.0. The summed E-state index contributed by atoms with van der Waals surface area (Å²) in [7, 11) is 3.65. The summed E-state index contributed by atoms with van der Waals surface area (Å²) < 4.78 is 5.28. The van der Waals surface area contributed by atoms with E-state index in [2.05, 4.69) is 54.7 Å². The number of rotatable bonds is 6. The molecule has 1 aliphatic heterocycles. The maximum atomic E-state index is 14.0. The SMILES string of the molecule is COc1ccc(-c2ccc(C(=O)N(C)C(C)(c3cccc4ccccc34)C3CCCCNC3)cc2)cc1. The van der Waals surface area contributed by atoms with Crippen LogP contribution in [-0.2, 0) is 5.54 Å². The van der Waals surface area contributed by atoms with Gasteiger partial charge >= 0.3 is 0 Å². The molecule has 2 unspecified atom stereocenters. The van der Waals surface area contributed by atoms with Gasteiger partial charge in [0.15, 0.2) is 0 Å². The lowest BCUT2D eigenvalue weighted by atomic mass is 9.74. The van der Waals surface area contributed by atoms with Gasteiger partial charge in [-0.1, -0.05) is 73.2 Å². The Morgan fingerprint density at radius 2 is 1.57 bits per heavy atom. The predicted molar refractivity (Wildman–Crippen MR) is 152 cm³/mol. The van der Waals surface area contributed by atoms with E-state index in [1.54, 1.807) is 7.11 Å². The Labute approximate surface area is 220 Å². The summed E-state index contributed by atoms with van der Waals surface area (Å²) in [5.74, 6) is 1.17. The largest absolute Gasteiger partial charge is 0.497 e. The Bertz CT molecular complexity index is 1350. The molecule has 0 aliphatic carbocycles. The smallest absolute Gasteiger partial charge is 0.254 e. The highest BCUT2D eigenvalue weighted by atomic mass is 16.5. The monoisotopic (exact) mass is 492 g/mol. The predicted octanol–water partition coefficient (Wildman–Crippen LogP) is 6.89. The lowest BCUT2D eigenvalue weighted by molar-refractivity contribution is 0.0405. The van der Waals surface area contributed by atoms with Crippen LogP contribution in [0.4, 0.5) is 0 Å². The third-order valence-electron chi connectivity index (χ3n) is 8.23. The molecular weight excluding hydrogens is 456 g/mol. The summed E-state index contributed by atoms with van der Waals surface area (Å²) in [5, 5.41) is 6.06. The van der Waals surface area contributed by atoms with Gasteiger partial charge in [0.25, 0.3) is 5.91 Å². The number of methoxy groups -OCH3 is 1. The molecule has 2 atom stereocenters. The molecule has 1 N–H and O–H groups in total. The minimum Gasteiger partial charge on any atom is -0.497 e. The summed E-state index contributed by atoms with van der Waals surface area (Å²) >= 11 is 0. The first-order valence-corrected chi connectivity index (χ1v) is 13.2. The number of ether oxygens (including phenoxy) is 1. The molecule has 0 saturated carbocycles. The number of carbonyl (C=O) groups is 1. The number of hydrogen-bond acceptors (Lipinski definition) is 3. The fraction of sp³-hybridized carbons (Fsp3) is 0.303. The first-order valence-electron chi connectivity index (χ1n) is 13.2. The lowest BCUT2D eigenvalue weighted by Gasteiger charge is -2.46. The summed E-state index contributed by atoms with van der Waals surface area (Å²) in [5.41, 5.74) is 3.62. The van der Waals surface area contributed by atoms with Crippen molar-refractivity contribution in [3.8, 4) is 16.9 Å². The van der Waals surface area contributed by atoms with Crippen LogP contribution in [0, 0.1) is 5.92 Å². The molecule has 4 heteroatoms. The van der Waals surface area contributed by atoms with Crippen molar-refractivity contribution in [1.82, 2.24) is 10.2 Å². The van der Waals surface area contributed by atoms with Gasteiger partial charge < -0.3 is 15.0 Å². The molecule has 1 fully saturated rings. The number of amides is 1. The molecule has 37 heavy (non-hydrogen) atoms. The number of benzene rings is 4. The van der Waals surface area contributed by atoms with E-state index in [0.29, 0.717) is 11.5 Å². The van der Waals surface area contributed by atoms with Crippen LogP contribution in [0.2, 0.25) is 0 Å². The summed E-state index contributed by atoms with van der Waals surface area (Å²) in [6.07, 6.45) is 3.42. The van der Waals surface area contributed by atoms with Crippen molar-refractivity contribution in [3.05, 3.63) is 102 Å². The van der Waals surface area contributed by atoms with Gasteiger partial charge in [-0.2, -0.15) is 0 Å². The Hall–Kier alpha value is -3.63. The topological polar surface area (TPSA) is 41.6 Å². The van der Waals surface area contributed by atoms with Gasteiger partial charge in [0.1, 0.15) is 5.75 Å². The van der Waals surface area contributed by atoms with Crippen LogP contribution < -0.4 is 10.1 Å². The second kappa shape index (κ2) is 10.8. The molecule has 1 aliphatic rings. The zero-order valence-electron chi connectivity index (χ0n) is 22.0. The minimum atomic E-state index is -0.468. The van der Waals surface area contributed by atoms with Gasteiger partial charge in [-0.05, 0) is 84.0 Å². The third-order valence-corrected chi connectivity index (χ3v) is 8.23. The van der Waals surface area contributed by atoms with Gasteiger partial charge in [-0.3, -0.25) is 4.79 Å². The van der Waals surface area contributed by atoms with Crippen LogP contribution >= 0.6 is 0 Å². The van der Waals surface area contributed by atoms with Crippen LogP contribution in [-0.4, -0.2) is 38.1 Å². The van der Waals surface area contributed by atoms with Crippen molar-refractivity contribution in [2.75, 3.05) is 27.2 Å². The van der Waals surface area contributed by atoms with Crippen molar-refractivity contribution in [2.24, 2.45) is 5.92 Å². The van der Waals surface area contributed by atoms with Crippen LogP contribution in [0.25, 0.3) is 21.9 Å². The Balaban J connectivity index is 1.51. The molecular formula is C33H36N2O2. The fourth-order valence-electron chi connectivity index (χ4n) is 5.83. The highest BCUT2D eigenvalue weighted by Gasteiger charge is 2.43.